The van der Waals surface area contributed by atoms with E-state index < -0.39 is 0 Å². The van der Waals surface area contributed by atoms with Crippen LogP contribution in [-0.4, -0.2) is 50.6 Å². The number of allylic oxidation sites excluding steroid dienone is 2. The van der Waals surface area contributed by atoms with Gasteiger partial charge in [-0.25, -0.2) is 0 Å². The third-order valence-corrected chi connectivity index (χ3v) is 11.2. The van der Waals surface area contributed by atoms with Gasteiger partial charge in [0.05, 0.1) is 24.4 Å². The molecule has 5 aliphatic rings. The van der Waals surface area contributed by atoms with Crippen LogP contribution in [-0.2, 0) is 19.0 Å². The Morgan fingerprint density at radius 3 is 2.65 bits per heavy atom. The van der Waals surface area contributed by atoms with Crippen LogP contribution in [0, 0.1) is 34.5 Å². The molecule has 0 bridgehead atoms. The average molecular weight is 474 g/mol. The Labute approximate surface area is 206 Å². The van der Waals surface area contributed by atoms with Crippen molar-refractivity contribution in [3.63, 3.8) is 0 Å². The molecule has 0 aromatic rings. The topological polar surface area (TPSA) is 56.8 Å². The Morgan fingerprint density at radius 2 is 1.94 bits per heavy atom. The van der Waals surface area contributed by atoms with Gasteiger partial charge in [-0.05, 0) is 101 Å². The van der Waals surface area contributed by atoms with Crippen LogP contribution in [0.5, 0.6) is 0 Å². The number of nitrogens with one attached hydrogen (secondary N) is 1. The van der Waals surface area contributed by atoms with Gasteiger partial charge in [-0.1, -0.05) is 25.5 Å². The molecule has 192 valence electrons. The van der Waals surface area contributed by atoms with E-state index in [4.69, 9.17) is 14.2 Å². The lowest BCUT2D eigenvalue weighted by Gasteiger charge is -2.59. The molecule has 0 aromatic carbocycles. The summed E-state index contributed by atoms with van der Waals surface area (Å²) in [5, 5.41) is 3.35. The second-order valence-corrected chi connectivity index (χ2v) is 12.6. The zero-order chi connectivity index (χ0) is 24.3. The molecular formula is C29H47NO4. The highest BCUT2D eigenvalue weighted by Crippen LogP contribution is 2.66. The van der Waals surface area contributed by atoms with E-state index in [2.05, 4.69) is 32.2 Å². The first-order valence-electron chi connectivity index (χ1n) is 13.9. The average Bonchev–Trinajstić information content (AvgIpc) is 3.16. The second-order valence-electron chi connectivity index (χ2n) is 12.6. The molecule has 1 heterocycles. The van der Waals surface area contributed by atoms with Crippen molar-refractivity contribution in [3.05, 3.63) is 11.6 Å². The number of carbonyl (C=O) groups excluding carboxylic acids is 1. The Kier molecular flexibility index (Phi) is 6.80. The molecule has 0 amide bonds. The first-order chi connectivity index (χ1) is 16.2. The number of hydrogen-bond acceptors (Lipinski definition) is 5. The fraction of sp³-hybridized carbons (Fsp3) is 0.897. The van der Waals surface area contributed by atoms with E-state index in [1.54, 1.807) is 12.7 Å². The van der Waals surface area contributed by atoms with E-state index in [-0.39, 0.29) is 42.0 Å². The van der Waals surface area contributed by atoms with E-state index in [0.29, 0.717) is 17.1 Å². The summed E-state index contributed by atoms with van der Waals surface area (Å²) < 4.78 is 18.6. The summed E-state index contributed by atoms with van der Waals surface area (Å²) in [7, 11) is 3.77. The lowest BCUT2D eigenvalue weighted by molar-refractivity contribution is -0.251. The van der Waals surface area contributed by atoms with Gasteiger partial charge in [0.1, 0.15) is 5.78 Å². The smallest absolute Gasteiger partial charge is 0.160 e. The highest BCUT2D eigenvalue weighted by molar-refractivity contribution is 5.80. The maximum Gasteiger partial charge on any atom is 0.160 e. The molecule has 5 nitrogen and oxygen atoms in total. The molecule has 34 heavy (non-hydrogen) atoms. The molecule has 0 radical (unpaired) electrons. The van der Waals surface area contributed by atoms with Crippen molar-refractivity contribution in [2.24, 2.45) is 34.5 Å². The number of ketones is 1. The molecule has 0 unspecified atom stereocenters. The Balaban J connectivity index is 1.24. The van der Waals surface area contributed by atoms with Crippen molar-refractivity contribution in [3.8, 4) is 0 Å². The van der Waals surface area contributed by atoms with Gasteiger partial charge in [-0.15, -0.1) is 0 Å². The van der Waals surface area contributed by atoms with Crippen molar-refractivity contribution in [2.75, 3.05) is 14.2 Å². The standard InChI is InChI=1S/C29H47NO4/c1-17(31)22-9-10-23-21-8-7-19-15-20(11-13-28(19,3)24(21)12-14-29(22,23)4)34-26-16-25(32-6)27(30-5)18(2)33-26/h10,18-22,24-27,30H,7-9,11-16H2,1-6H3/t18-,19+,20+,21+,22-,24-,25-,26+,27-,28+,29-/m1/s1. The fourth-order valence-corrected chi connectivity index (χ4v) is 9.27. The number of ether oxygens (including phenoxy) is 3. The molecule has 3 saturated carbocycles. The van der Waals surface area contributed by atoms with Crippen LogP contribution in [0.1, 0.15) is 85.5 Å². The number of Topliss-reactive ketones (excluding diaryl/α,β-unsaturated/α-hetero) is 1. The van der Waals surface area contributed by atoms with E-state index in [1.165, 1.54) is 32.1 Å². The highest BCUT2D eigenvalue weighted by atomic mass is 16.7. The van der Waals surface area contributed by atoms with Gasteiger partial charge in [0.2, 0.25) is 0 Å². The van der Waals surface area contributed by atoms with Gasteiger partial charge in [-0.2, -0.15) is 0 Å². The molecule has 5 heteroatoms. The number of methoxy groups -OCH3 is 1. The van der Waals surface area contributed by atoms with Gasteiger partial charge in [0.25, 0.3) is 0 Å². The summed E-state index contributed by atoms with van der Waals surface area (Å²) in [6.07, 6.45) is 13.1. The van der Waals surface area contributed by atoms with Gasteiger partial charge >= 0.3 is 0 Å². The van der Waals surface area contributed by atoms with Crippen molar-refractivity contribution < 1.29 is 19.0 Å². The molecule has 4 fully saturated rings. The van der Waals surface area contributed by atoms with Gasteiger partial charge in [0.15, 0.2) is 6.29 Å². The number of fused-ring (bicyclic) bond motifs is 5. The van der Waals surface area contributed by atoms with Crippen molar-refractivity contribution >= 4 is 5.78 Å². The molecule has 11 atom stereocenters. The minimum Gasteiger partial charge on any atom is -0.380 e. The summed E-state index contributed by atoms with van der Waals surface area (Å²) in [6.45, 7) is 8.91. The Hall–Kier alpha value is -0.750. The number of hydrogen-bond donors (Lipinski definition) is 1. The first kappa shape index (κ1) is 24.9. The van der Waals surface area contributed by atoms with E-state index in [1.807, 2.05) is 14.0 Å². The fourth-order valence-electron chi connectivity index (χ4n) is 9.27. The van der Waals surface area contributed by atoms with E-state index >= 15 is 0 Å². The van der Waals surface area contributed by atoms with Crippen molar-refractivity contribution in [2.45, 2.75) is 116 Å². The van der Waals surface area contributed by atoms with Crippen LogP contribution < -0.4 is 5.32 Å². The lowest BCUT2D eigenvalue weighted by Crippen LogP contribution is -2.56. The SMILES string of the molecule is CN[C@@H]1[C@@H](C)O[C@@H](O[C@H]2CC[C@@]3(C)[C@@H](CC[C@H]4C5=CC[C@H](C(C)=O)[C@@]5(C)CC[C@H]43)C2)C[C@H]1OC. The number of rotatable bonds is 5. The summed E-state index contributed by atoms with van der Waals surface area (Å²) in [5.74, 6) is 2.78. The Morgan fingerprint density at radius 1 is 1.15 bits per heavy atom. The molecule has 4 aliphatic carbocycles. The van der Waals surface area contributed by atoms with Gasteiger partial charge < -0.3 is 19.5 Å². The third kappa shape index (κ3) is 3.93. The summed E-state index contributed by atoms with van der Waals surface area (Å²) in [6, 6.07) is 0.208. The van der Waals surface area contributed by atoms with Gasteiger partial charge in [-0.3, -0.25) is 4.79 Å². The summed E-state index contributed by atoms with van der Waals surface area (Å²) in [4.78, 5) is 12.4. The van der Waals surface area contributed by atoms with Crippen LogP contribution in [0.4, 0.5) is 0 Å². The Bertz CT molecular complexity index is 812. The second kappa shape index (κ2) is 9.28. The molecule has 0 aromatic heterocycles. The predicted octanol–water partition coefficient (Wildman–Crippen LogP) is 5.28. The van der Waals surface area contributed by atoms with Gasteiger partial charge in [0, 0.05) is 19.4 Å². The van der Waals surface area contributed by atoms with Crippen LogP contribution in [0.25, 0.3) is 0 Å². The molecule has 0 spiro atoms. The minimum absolute atomic E-state index is 0.0769. The zero-order valence-corrected chi connectivity index (χ0v) is 22.3. The minimum atomic E-state index is -0.169. The first-order valence-corrected chi connectivity index (χ1v) is 13.9. The van der Waals surface area contributed by atoms with Crippen LogP contribution >= 0.6 is 0 Å². The zero-order valence-electron chi connectivity index (χ0n) is 22.3. The van der Waals surface area contributed by atoms with E-state index in [0.717, 1.165) is 37.5 Å². The van der Waals surface area contributed by atoms with E-state index in [9.17, 15) is 4.79 Å². The largest absolute Gasteiger partial charge is 0.380 e. The monoisotopic (exact) mass is 473 g/mol. The third-order valence-electron chi connectivity index (χ3n) is 11.2. The van der Waals surface area contributed by atoms with Crippen LogP contribution in [0.15, 0.2) is 11.6 Å². The summed E-state index contributed by atoms with van der Waals surface area (Å²) in [5.41, 5.74) is 2.16. The highest BCUT2D eigenvalue weighted by Gasteiger charge is 2.58. The maximum absolute atomic E-state index is 12.4. The number of carbonyl (C=O) groups is 1. The molecular weight excluding hydrogens is 426 g/mol. The van der Waals surface area contributed by atoms with Crippen molar-refractivity contribution in [1.82, 2.24) is 5.32 Å². The molecule has 1 aliphatic heterocycles. The molecule has 1 saturated heterocycles. The molecule has 5 rings (SSSR count). The maximum atomic E-state index is 12.4. The quantitative estimate of drug-likeness (QED) is 0.435. The lowest BCUT2D eigenvalue weighted by atomic mass is 9.46. The van der Waals surface area contributed by atoms with Crippen LogP contribution in [0.3, 0.4) is 0 Å². The molecule has 1 N–H and O–H groups in total. The number of likely N-dealkylation sites (N-methyl/N-ethyl adjacent to an activating group) is 1. The normalized spacial score (nSPS) is 50.6. The predicted molar refractivity (Wildman–Crippen MR) is 133 cm³/mol. The summed E-state index contributed by atoms with van der Waals surface area (Å²) >= 11 is 0. The van der Waals surface area contributed by atoms with Crippen LogP contribution in [0.2, 0.25) is 0 Å². The van der Waals surface area contributed by atoms with Crippen molar-refractivity contribution in [1.29, 1.82) is 0 Å².